The third-order valence-electron chi connectivity index (χ3n) is 3.99. The maximum Gasteiger partial charge on any atom is 0.329 e. The zero-order chi connectivity index (χ0) is 16.4. The van der Waals surface area contributed by atoms with Crippen LogP contribution in [0.1, 0.15) is 6.42 Å². The fourth-order valence-corrected chi connectivity index (χ4v) is 2.67. The summed E-state index contributed by atoms with van der Waals surface area (Å²) >= 11 is 0. The molecule has 8 heteroatoms. The maximum atomic E-state index is 11.7. The number of nitrogens with zero attached hydrogens (tertiary/aromatic N) is 3. The third kappa shape index (κ3) is 3.05. The van der Waals surface area contributed by atoms with Gasteiger partial charge in [0.15, 0.2) is 11.6 Å². The van der Waals surface area contributed by atoms with Crippen LogP contribution in [-0.2, 0) is 7.05 Å². The van der Waals surface area contributed by atoms with Gasteiger partial charge in [-0.15, -0.1) is 0 Å². The summed E-state index contributed by atoms with van der Waals surface area (Å²) in [5.74, 6) is 1.93. The number of anilines is 2. The van der Waals surface area contributed by atoms with E-state index in [2.05, 4.69) is 15.3 Å². The number of pyridine rings is 1. The first-order valence-corrected chi connectivity index (χ1v) is 7.39. The molecule has 122 valence electrons. The molecule has 3 rings (SSSR count). The number of ether oxygens (including phenoxy) is 1. The Balaban J connectivity index is 1.74. The van der Waals surface area contributed by atoms with Crippen molar-refractivity contribution in [1.29, 1.82) is 0 Å². The van der Waals surface area contributed by atoms with Crippen LogP contribution in [-0.4, -0.2) is 40.8 Å². The van der Waals surface area contributed by atoms with Crippen LogP contribution in [0, 0.1) is 0 Å². The monoisotopic (exact) mass is 317 g/mol. The van der Waals surface area contributed by atoms with Gasteiger partial charge in [-0.05, 0) is 18.6 Å². The fourth-order valence-electron chi connectivity index (χ4n) is 2.67. The van der Waals surface area contributed by atoms with Crippen molar-refractivity contribution in [2.24, 2.45) is 7.05 Å². The molecule has 0 spiro atoms. The number of methoxy groups -OCH3 is 1. The van der Waals surface area contributed by atoms with Gasteiger partial charge in [0.25, 0.3) is 5.56 Å². The van der Waals surface area contributed by atoms with E-state index in [0.717, 1.165) is 17.5 Å². The zero-order valence-electron chi connectivity index (χ0n) is 13.1. The van der Waals surface area contributed by atoms with Crippen molar-refractivity contribution in [2.75, 3.05) is 30.4 Å². The number of H-pyrrole nitrogens is 1. The van der Waals surface area contributed by atoms with Crippen LogP contribution in [0.2, 0.25) is 0 Å². The van der Waals surface area contributed by atoms with Crippen molar-refractivity contribution in [3.63, 3.8) is 0 Å². The highest BCUT2D eigenvalue weighted by atomic mass is 16.5. The van der Waals surface area contributed by atoms with Crippen molar-refractivity contribution in [3.8, 4) is 5.75 Å². The molecule has 1 fully saturated rings. The average Bonchev–Trinajstić information content (AvgIpc) is 3.01. The highest BCUT2D eigenvalue weighted by Crippen LogP contribution is 2.24. The van der Waals surface area contributed by atoms with Gasteiger partial charge in [-0.3, -0.25) is 14.3 Å². The van der Waals surface area contributed by atoms with Gasteiger partial charge < -0.3 is 15.0 Å². The van der Waals surface area contributed by atoms with Crippen LogP contribution < -0.4 is 26.2 Å². The van der Waals surface area contributed by atoms with Gasteiger partial charge in [0, 0.05) is 38.4 Å². The summed E-state index contributed by atoms with van der Waals surface area (Å²) in [6, 6.07) is 5.27. The van der Waals surface area contributed by atoms with E-state index in [1.54, 1.807) is 13.3 Å². The lowest BCUT2D eigenvalue weighted by Crippen LogP contribution is -2.35. The van der Waals surface area contributed by atoms with Crippen molar-refractivity contribution in [2.45, 2.75) is 12.5 Å². The van der Waals surface area contributed by atoms with Crippen molar-refractivity contribution in [3.05, 3.63) is 45.2 Å². The highest BCUT2D eigenvalue weighted by molar-refractivity contribution is 5.51. The van der Waals surface area contributed by atoms with Crippen LogP contribution in [0.4, 0.5) is 11.6 Å². The van der Waals surface area contributed by atoms with Crippen LogP contribution in [0.5, 0.6) is 5.75 Å². The summed E-state index contributed by atoms with van der Waals surface area (Å²) in [4.78, 5) is 32.5. The number of hydrogen-bond acceptors (Lipinski definition) is 6. The van der Waals surface area contributed by atoms with E-state index in [1.807, 2.05) is 17.0 Å². The van der Waals surface area contributed by atoms with E-state index in [1.165, 1.54) is 13.1 Å². The van der Waals surface area contributed by atoms with E-state index in [-0.39, 0.29) is 11.6 Å². The van der Waals surface area contributed by atoms with Crippen LogP contribution in [0.15, 0.2) is 34.0 Å². The van der Waals surface area contributed by atoms with Gasteiger partial charge in [0.1, 0.15) is 5.82 Å². The second-order valence-electron chi connectivity index (χ2n) is 5.49. The molecule has 0 aromatic carbocycles. The van der Waals surface area contributed by atoms with Gasteiger partial charge in [-0.2, -0.15) is 0 Å². The number of aromatic amines is 1. The minimum Gasteiger partial charge on any atom is -0.493 e. The third-order valence-corrected chi connectivity index (χ3v) is 3.99. The Kier molecular flexibility index (Phi) is 4.05. The van der Waals surface area contributed by atoms with Crippen molar-refractivity contribution >= 4 is 11.6 Å². The van der Waals surface area contributed by atoms with E-state index < -0.39 is 5.69 Å². The predicted molar refractivity (Wildman–Crippen MR) is 87.3 cm³/mol. The topological polar surface area (TPSA) is 92.2 Å². The molecular formula is C15H19N5O3. The lowest BCUT2D eigenvalue weighted by Gasteiger charge is -2.19. The molecule has 0 amide bonds. The molecule has 3 heterocycles. The SMILES string of the molecule is COc1cccnc1N[C@@H]1CCN(c2cc(=O)n(C)c(=O)[nH]2)C1. The number of rotatable bonds is 4. The van der Waals surface area contributed by atoms with Gasteiger partial charge >= 0.3 is 5.69 Å². The highest BCUT2D eigenvalue weighted by Gasteiger charge is 2.24. The summed E-state index contributed by atoms with van der Waals surface area (Å²) in [6.07, 6.45) is 2.58. The van der Waals surface area contributed by atoms with E-state index in [9.17, 15) is 9.59 Å². The molecular weight excluding hydrogens is 298 g/mol. The van der Waals surface area contributed by atoms with Gasteiger partial charge in [-0.1, -0.05) is 0 Å². The van der Waals surface area contributed by atoms with E-state index in [4.69, 9.17) is 4.74 Å². The smallest absolute Gasteiger partial charge is 0.329 e. The molecule has 2 N–H and O–H groups in total. The first-order chi connectivity index (χ1) is 11.1. The second-order valence-corrected chi connectivity index (χ2v) is 5.49. The standard InChI is InChI=1S/C15H19N5O3/c1-19-13(21)8-12(18-15(19)22)20-7-5-10(9-20)17-14-11(23-2)4-3-6-16-14/h3-4,6,8,10H,5,7,9H2,1-2H3,(H,16,17)(H,18,22)/t10-/m1/s1. The Morgan fingerprint density at radius 1 is 1.43 bits per heavy atom. The molecule has 0 aliphatic carbocycles. The number of hydrogen-bond donors (Lipinski definition) is 2. The minimum absolute atomic E-state index is 0.159. The number of nitrogens with one attached hydrogen (secondary N) is 2. The molecule has 1 saturated heterocycles. The zero-order valence-corrected chi connectivity index (χ0v) is 13.1. The second kappa shape index (κ2) is 6.15. The Morgan fingerprint density at radius 2 is 2.26 bits per heavy atom. The molecule has 0 saturated carbocycles. The average molecular weight is 317 g/mol. The predicted octanol–water partition coefficient (Wildman–Crippen LogP) is 0.168. The lowest BCUT2D eigenvalue weighted by molar-refractivity contribution is 0.414. The Hall–Kier alpha value is -2.77. The summed E-state index contributed by atoms with van der Waals surface area (Å²) in [7, 11) is 3.06. The van der Waals surface area contributed by atoms with Gasteiger partial charge in [-0.25, -0.2) is 9.78 Å². The van der Waals surface area contributed by atoms with Gasteiger partial charge in [0.2, 0.25) is 0 Å². The van der Waals surface area contributed by atoms with E-state index in [0.29, 0.717) is 23.9 Å². The molecule has 1 aliphatic heterocycles. The molecule has 0 radical (unpaired) electrons. The molecule has 2 aromatic heterocycles. The largest absolute Gasteiger partial charge is 0.493 e. The van der Waals surface area contributed by atoms with Crippen molar-refractivity contribution in [1.82, 2.24) is 14.5 Å². The first kappa shape index (κ1) is 15.1. The number of aromatic nitrogens is 3. The van der Waals surface area contributed by atoms with E-state index >= 15 is 0 Å². The molecule has 0 unspecified atom stereocenters. The molecule has 23 heavy (non-hydrogen) atoms. The summed E-state index contributed by atoms with van der Waals surface area (Å²) in [5.41, 5.74) is -0.721. The first-order valence-electron chi connectivity index (χ1n) is 7.39. The Labute approximate surface area is 132 Å². The molecule has 1 atom stereocenters. The molecule has 2 aromatic rings. The van der Waals surface area contributed by atoms with Crippen molar-refractivity contribution < 1.29 is 4.74 Å². The van der Waals surface area contributed by atoms with Crippen LogP contribution >= 0.6 is 0 Å². The van der Waals surface area contributed by atoms with Gasteiger partial charge in [0.05, 0.1) is 7.11 Å². The molecule has 0 bridgehead atoms. The quantitative estimate of drug-likeness (QED) is 0.835. The Morgan fingerprint density at radius 3 is 3.00 bits per heavy atom. The minimum atomic E-state index is -0.407. The molecule has 8 nitrogen and oxygen atoms in total. The summed E-state index contributed by atoms with van der Waals surface area (Å²) in [5, 5.41) is 3.35. The maximum absolute atomic E-state index is 11.7. The summed E-state index contributed by atoms with van der Waals surface area (Å²) in [6.45, 7) is 1.42. The van der Waals surface area contributed by atoms with Crippen LogP contribution in [0.25, 0.3) is 0 Å². The normalized spacial score (nSPS) is 17.3. The molecule has 1 aliphatic rings. The summed E-state index contributed by atoms with van der Waals surface area (Å²) < 4.78 is 6.33. The lowest BCUT2D eigenvalue weighted by atomic mass is 10.2. The van der Waals surface area contributed by atoms with Crippen LogP contribution in [0.3, 0.4) is 0 Å². The Bertz CT molecular complexity index is 782. The fraction of sp³-hybridized carbons (Fsp3) is 0.400.